The molecule has 0 radical (unpaired) electrons. The van der Waals surface area contributed by atoms with Crippen molar-refractivity contribution in [2.24, 2.45) is 0 Å². The van der Waals surface area contributed by atoms with Crippen molar-refractivity contribution in [1.82, 2.24) is 14.9 Å². The molecule has 0 unspecified atom stereocenters. The maximum Gasteiger partial charge on any atom is 0.0981 e. The number of fused-ring (bicyclic) bond motifs is 1. The van der Waals surface area contributed by atoms with Gasteiger partial charge in [0, 0.05) is 28.7 Å². The lowest BCUT2D eigenvalue weighted by Crippen LogP contribution is -2.44. The van der Waals surface area contributed by atoms with Crippen LogP contribution in [0.4, 0.5) is 0 Å². The third-order valence-electron chi connectivity index (χ3n) is 4.97. The normalized spacial score (nSPS) is 19.5. The number of piperidine rings is 1. The van der Waals surface area contributed by atoms with Crippen LogP contribution in [0.3, 0.4) is 0 Å². The standard InChI is InChI=1S/C19H22ClN3O2.2ClH/c20-14-9-15(13-5-8-25-11-13)19-17(10-14)22-12-23(19)7-2-3-16-18(24)4-1-6-21-16;;/h5,8-12,16,18,21,24H,1-4,6-7H2;2*1H/t16-,18+;;/m1../s1. The summed E-state index contributed by atoms with van der Waals surface area (Å²) in [5.74, 6) is 0. The van der Waals surface area contributed by atoms with Gasteiger partial charge in [-0.1, -0.05) is 11.6 Å². The smallest absolute Gasteiger partial charge is 0.0981 e. The molecule has 8 heteroatoms. The molecule has 1 fully saturated rings. The number of aryl methyl sites for hydroxylation is 1. The quantitative estimate of drug-likeness (QED) is 0.614. The van der Waals surface area contributed by atoms with Crippen LogP contribution in [0.15, 0.2) is 41.5 Å². The van der Waals surface area contributed by atoms with Gasteiger partial charge in [-0.15, -0.1) is 24.8 Å². The number of nitrogens with zero attached hydrogens (tertiary/aromatic N) is 2. The van der Waals surface area contributed by atoms with Gasteiger partial charge < -0.3 is 19.4 Å². The van der Waals surface area contributed by atoms with E-state index < -0.39 is 0 Å². The minimum absolute atomic E-state index is 0. The van der Waals surface area contributed by atoms with Crippen LogP contribution in [0.2, 0.25) is 5.02 Å². The Hall–Kier alpha value is -1.24. The van der Waals surface area contributed by atoms with Crippen LogP contribution in [0.1, 0.15) is 25.7 Å². The van der Waals surface area contributed by atoms with E-state index in [9.17, 15) is 5.11 Å². The lowest BCUT2D eigenvalue weighted by molar-refractivity contribution is 0.0909. The molecule has 1 aliphatic rings. The maximum absolute atomic E-state index is 10.1. The minimum Gasteiger partial charge on any atom is -0.472 e. The summed E-state index contributed by atoms with van der Waals surface area (Å²) in [7, 11) is 0. The van der Waals surface area contributed by atoms with Crippen molar-refractivity contribution >= 4 is 47.4 Å². The van der Waals surface area contributed by atoms with E-state index in [4.69, 9.17) is 16.0 Å². The second kappa shape index (κ2) is 9.80. The summed E-state index contributed by atoms with van der Waals surface area (Å²) >= 11 is 6.26. The average Bonchev–Trinajstić information content (AvgIpc) is 3.26. The van der Waals surface area contributed by atoms with Crippen molar-refractivity contribution in [3.8, 4) is 11.1 Å². The highest BCUT2D eigenvalue weighted by atomic mass is 35.5. The van der Waals surface area contributed by atoms with E-state index in [0.29, 0.717) is 5.02 Å². The number of aliphatic hydroxyl groups is 1. The number of nitrogens with one attached hydrogen (secondary N) is 1. The Kier molecular flexibility index (Phi) is 8.01. The Balaban J connectivity index is 0.00000131. The number of benzene rings is 1. The van der Waals surface area contributed by atoms with Crippen molar-refractivity contribution in [3.63, 3.8) is 0 Å². The molecule has 148 valence electrons. The molecule has 0 saturated carbocycles. The minimum atomic E-state index is -0.228. The predicted molar refractivity (Wildman–Crippen MR) is 113 cm³/mol. The first-order chi connectivity index (χ1) is 12.2. The molecule has 3 heterocycles. The Morgan fingerprint density at radius 3 is 2.93 bits per heavy atom. The highest BCUT2D eigenvalue weighted by Crippen LogP contribution is 2.32. The fraction of sp³-hybridized carbons (Fsp3) is 0.421. The Morgan fingerprint density at radius 1 is 1.33 bits per heavy atom. The van der Waals surface area contributed by atoms with E-state index in [0.717, 1.165) is 60.9 Å². The van der Waals surface area contributed by atoms with Gasteiger partial charge in [0.1, 0.15) is 0 Å². The van der Waals surface area contributed by atoms with Crippen molar-refractivity contribution < 1.29 is 9.52 Å². The van der Waals surface area contributed by atoms with Crippen molar-refractivity contribution in [3.05, 3.63) is 42.1 Å². The van der Waals surface area contributed by atoms with Gasteiger partial charge in [-0.3, -0.25) is 0 Å². The fourth-order valence-electron chi connectivity index (χ4n) is 3.69. The van der Waals surface area contributed by atoms with Crippen LogP contribution >= 0.6 is 36.4 Å². The number of halogens is 3. The van der Waals surface area contributed by atoms with Crippen molar-refractivity contribution in [2.45, 2.75) is 44.4 Å². The molecule has 2 atom stereocenters. The van der Waals surface area contributed by atoms with Crippen LogP contribution in [-0.2, 0) is 6.54 Å². The van der Waals surface area contributed by atoms with Crippen LogP contribution < -0.4 is 5.32 Å². The number of aromatic nitrogens is 2. The highest BCUT2D eigenvalue weighted by molar-refractivity contribution is 6.31. The molecule has 2 N–H and O–H groups in total. The molecule has 4 rings (SSSR count). The summed E-state index contributed by atoms with van der Waals surface area (Å²) in [5.41, 5.74) is 3.99. The molecule has 0 bridgehead atoms. The molecule has 0 aliphatic carbocycles. The Labute approximate surface area is 175 Å². The third-order valence-corrected chi connectivity index (χ3v) is 5.19. The number of hydrogen-bond acceptors (Lipinski definition) is 4. The predicted octanol–water partition coefficient (Wildman–Crippen LogP) is 4.69. The van der Waals surface area contributed by atoms with Crippen LogP contribution in [0.5, 0.6) is 0 Å². The topological polar surface area (TPSA) is 63.2 Å². The zero-order valence-electron chi connectivity index (χ0n) is 14.8. The molecule has 1 aliphatic heterocycles. The second-order valence-corrected chi connectivity index (χ2v) is 7.12. The largest absolute Gasteiger partial charge is 0.472 e. The summed E-state index contributed by atoms with van der Waals surface area (Å²) in [6, 6.07) is 5.99. The highest BCUT2D eigenvalue weighted by Gasteiger charge is 2.22. The van der Waals surface area contributed by atoms with E-state index in [2.05, 4.69) is 14.9 Å². The van der Waals surface area contributed by atoms with Crippen molar-refractivity contribution in [1.29, 1.82) is 0 Å². The molecule has 5 nitrogen and oxygen atoms in total. The summed E-state index contributed by atoms with van der Waals surface area (Å²) in [6.07, 6.45) is 8.92. The zero-order valence-corrected chi connectivity index (χ0v) is 17.2. The average molecular weight is 433 g/mol. The van der Waals surface area contributed by atoms with Crippen LogP contribution in [0, 0.1) is 0 Å². The molecule has 3 aromatic rings. The summed E-state index contributed by atoms with van der Waals surface area (Å²) in [5, 5.41) is 14.2. The second-order valence-electron chi connectivity index (χ2n) is 6.68. The maximum atomic E-state index is 10.1. The summed E-state index contributed by atoms with van der Waals surface area (Å²) in [6.45, 7) is 1.85. The first-order valence-electron chi connectivity index (χ1n) is 8.81. The van der Waals surface area contributed by atoms with Crippen LogP contribution in [0.25, 0.3) is 22.2 Å². The number of hydrogen-bond donors (Lipinski definition) is 2. The molecule has 1 aromatic carbocycles. The molecular weight excluding hydrogens is 409 g/mol. The molecule has 2 aromatic heterocycles. The Bertz CT molecular complexity index is 851. The van der Waals surface area contributed by atoms with Gasteiger partial charge in [-0.25, -0.2) is 4.98 Å². The summed E-state index contributed by atoms with van der Waals surface area (Å²) < 4.78 is 7.41. The van der Waals surface area contributed by atoms with E-state index >= 15 is 0 Å². The lowest BCUT2D eigenvalue weighted by Gasteiger charge is -2.29. The van der Waals surface area contributed by atoms with Gasteiger partial charge in [0.05, 0.1) is 36.0 Å². The number of rotatable bonds is 5. The third kappa shape index (κ3) is 4.79. The number of aliphatic hydroxyl groups excluding tert-OH is 1. The first-order valence-corrected chi connectivity index (χ1v) is 9.18. The van der Waals surface area contributed by atoms with E-state index in [1.54, 1.807) is 12.5 Å². The number of imidazole rings is 1. The molecule has 1 saturated heterocycles. The van der Waals surface area contributed by atoms with Crippen molar-refractivity contribution in [2.75, 3.05) is 6.54 Å². The first kappa shape index (κ1) is 22.1. The Morgan fingerprint density at radius 2 is 2.19 bits per heavy atom. The van der Waals surface area contributed by atoms with Gasteiger partial charge >= 0.3 is 0 Å². The molecule has 27 heavy (non-hydrogen) atoms. The summed E-state index contributed by atoms with van der Waals surface area (Å²) in [4.78, 5) is 4.51. The monoisotopic (exact) mass is 431 g/mol. The van der Waals surface area contributed by atoms with Gasteiger partial charge in [0.25, 0.3) is 0 Å². The molecular formula is C19H24Cl3N3O2. The fourth-order valence-corrected chi connectivity index (χ4v) is 3.91. The van der Waals surface area contributed by atoms with Gasteiger partial charge in [0.15, 0.2) is 0 Å². The van der Waals surface area contributed by atoms with E-state index in [1.807, 2.05) is 24.5 Å². The zero-order chi connectivity index (χ0) is 17.2. The van der Waals surface area contributed by atoms with Crippen LogP contribution in [-0.4, -0.2) is 33.3 Å². The SMILES string of the molecule is Cl.Cl.O[C@H]1CCCN[C@@H]1CCCn1cnc2cc(Cl)cc(-c3ccoc3)c21. The lowest BCUT2D eigenvalue weighted by atomic mass is 9.97. The van der Waals surface area contributed by atoms with Gasteiger partial charge in [-0.2, -0.15) is 0 Å². The van der Waals surface area contributed by atoms with E-state index in [-0.39, 0.29) is 37.0 Å². The van der Waals surface area contributed by atoms with Gasteiger partial charge in [0.2, 0.25) is 0 Å². The molecule has 0 spiro atoms. The van der Waals surface area contributed by atoms with Gasteiger partial charge in [-0.05, 0) is 50.4 Å². The molecule has 0 amide bonds. The number of furan rings is 1. The van der Waals surface area contributed by atoms with E-state index in [1.165, 1.54) is 0 Å².